The summed E-state index contributed by atoms with van der Waals surface area (Å²) in [6, 6.07) is 3.76. The molecule has 1 aromatic heterocycles. The molecule has 0 aliphatic rings. The van der Waals surface area contributed by atoms with E-state index in [4.69, 9.17) is 21.1 Å². The first-order valence-corrected chi connectivity index (χ1v) is 5.80. The molecule has 0 aliphatic heterocycles. The van der Waals surface area contributed by atoms with Crippen molar-refractivity contribution < 1.29 is 9.47 Å². The van der Waals surface area contributed by atoms with E-state index in [1.807, 2.05) is 26.0 Å². The average molecular weight is 244 g/mol. The van der Waals surface area contributed by atoms with Gasteiger partial charge in [0.1, 0.15) is 0 Å². The van der Waals surface area contributed by atoms with Crippen molar-refractivity contribution >= 4 is 11.6 Å². The Bertz CT molecular complexity index is 329. The number of alkyl halides is 1. The molecule has 0 N–H and O–H groups in total. The summed E-state index contributed by atoms with van der Waals surface area (Å²) < 4.78 is 10.9. The molecule has 0 saturated carbocycles. The third kappa shape index (κ3) is 3.99. The normalized spacial score (nSPS) is 11.5. The molecule has 0 saturated heterocycles. The van der Waals surface area contributed by atoms with E-state index in [1.165, 1.54) is 0 Å². The Morgan fingerprint density at radius 2 is 2.19 bits per heavy atom. The fraction of sp³-hybridized carbons (Fsp3) is 0.583. The van der Waals surface area contributed by atoms with Crippen LogP contribution in [-0.2, 0) is 10.6 Å². The first kappa shape index (κ1) is 13.3. The zero-order chi connectivity index (χ0) is 12.0. The van der Waals surface area contributed by atoms with Gasteiger partial charge in [0, 0.05) is 25.3 Å². The average Bonchev–Trinajstić information content (AvgIpc) is 2.29. The van der Waals surface area contributed by atoms with E-state index in [-0.39, 0.29) is 5.60 Å². The van der Waals surface area contributed by atoms with Gasteiger partial charge < -0.3 is 9.47 Å². The van der Waals surface area contributed by atoms with Gasteiger partial charge in [-0.25, -0.2) is 4.98 Å². The second kappa shape index (κ2) is 6.06. The highest BCUT2D eigenvalue weighted by Crippen LogP contribution is 2.18. The summed E-state index contributed by atoms with van der Waals surface area (Å²) in [6.07, 6.45) is 2.51. The maximum atomic E-state index is 5.78. The number of hydrogen-bond acceptors (Lipinski definition) is 3. The van der Waals surface area contributed by atoms with E-state index in [9.17, 15) is 0 Å². The summed E-state index contributed by atoms with van der Waals surface area (Å²) >= 11 is 5.78. The van der Waals surface area contributed by atoms with E-state index in [2.05, 4.69) is 4.98 Å². The number of halogens is 1. The van der Waals surface area contributed by atoms with Crippen molar-refractivity contribution in [2.75, 3.05) is 13.7 Å². The van der Waals surface area contributed by atoms with E-state index in [1.54, 1.807) is 13.3 Å². The summed E-state index contributed by atoms with van der Waals surface area (Å²) in [5.74, 6) is 1.03. The third-order valence-corrected chi connectivity index (χ3v) is 2.78. The zero-order valence-corrected chi connectivity index (χ0v) is 10.8. The van der Waals surface area contributed by atoms with E-state index < -0.39 is 0 Å². The van der Waals surface area contributed by atoms with Crippen molar-refractivity contribution in [3.8, 4) is 5.88 Å². The molecule has 16 heavy (non-hydrogen) atoms. The molecule has 0 amide bonds. The smallest absolute Gasteiger partial charge is 0.217 e. The van der Waals surface area contributed by atoms with Crippen LogP contribution < -0.4 is 4.74 Å². The number of methoxy groups -OCH3 is 1. The molecule has 4 heteroatoms. The van der Waals surface area contributed by atoms with Gasteiger partial charge in [-0.15, -0.1) is 11.6 Å². The van der Waals surface area contributed by atoms with E-state index in [0.29, 0.717) is 18.4 Å². The van der Waals surface area contributed by atoms with Gasteiger partial charge in [0.15, 0.2) is 0 Å². The van der Waals surface area contributed by atoms with Crippen molar-refractivity contribution in [1.29, 1.82) is 0 Å². The Labute approximate surface area is 102 Å². The van der Waals surface area contributed by atoms with Crippen LogP contribution in [-0.4, -0.2) is 24.3 Å². The van der Waals surface area contributed by atoms with Gasteiger partial charge in [0.05, 0.1) is 18.1 Å². The molecule has 1 heterocycles. The van der Waals surface area contributed by atoms with Gasteiger partial charge in [-0.2, -0.15) is 0 Å². The minimum atomic E-state index is -0.171. The van der Waals surface area contributed by atoms with Gasteiger partial charge in [-0.1, -0.05) is 6.07 Å². The molecule has 0 atom stereocenters. The zero-order valence-electron chi connectivity index (χ0n) is 10.00. The molecule has 1 aromatic rings. The molecule has 0 aliphatic carbocycles. The second-order valence-electron chi connectivity index (χ2n) is 4.16. The fourth-order valence-electron chi connectivity index (χ4n) is 1.15. The fourth-order valence-corrected chi connectivity index (χ4v) is 1.35. The monoisotopic (exact) mass is 243 g/mol. The van der Waals surface area contributed by atoms with Crippen LogP contribution in [0.5, 0.6) is 5.88 Å². The quantitative estimate of drug-likeness (QED) is 0.720. The lowest BCUT2D eigenvalue weighted by atomic mass is 10.1. The Morgan fingerprint density at radius 1 is 1.44 bits per heavy atom. The topological polar surface area (TPSA) is 31.4 Å². The number of pyridine rings is 1. The molecule has 3 nitrogen and oxygen atoms in total. The van der Waals surface area contributed by atoms with Crippen LogP contribution in [0, 0.1) is 0 Å². The van der Waals surface area contributed by atoms with Gasteiger partial charge >= 0.3 is 0 Å². The van der Waals surface area contributed by atoms with Crippen molar-refractivity contribution in [3.63, 3.8) is 0 Å². The molecular weight excluding hydrogens is 226 g/mol. The van der Waals surface area contributed by atoms with E-state index >= 15 is 0 Å². The SMILES string of the molecule is COC(C)(C)CCOc1ncccc1CCl. The molecule has 0 fully saturated rings. The van der Waals surface area contributed by atoms with Crippen LogP contribution in [0.4, 0.5) is 0 Å². The number of aromatic nitrogens is 1. The van der Waals surface area contributed by atoms with Gasteiger partial charge in [0.25, 0.3) is 0 Å². The lowest BCUT2D eigenvalue weighted by molar-refractivity contribution is 0.00501. The Balaban J connectivity index is 2.49. The molecule has 0 radical (unpaired) electrons. The summed E-state index contributed by atoms with van der Waals surface area (Å²) in [7, 11) is 1.70. The highest BCUT2D eigenvalue weighted by atomic mass is 35.5. The maximum Gasteiger partial charge on any atom is 0.217 e. The molecule has 0 unspecified atom stereocenters. The van der Waals surface area contributed by atoms with Crippen LogP contribution >= 0.6 is 11.6 Å². The Morgan fingerprint density at radius 3 is 2.81 bits per heavy atom. The summed E-state index contributed by atoms with van der Waals surface area (Å²) in [6.45, 7) is 4.62. The first-order valence-electron chi connectivity index (χ1n) is 5.27. The molecular formula is C12H18ClNO2. The van der Waals surface area contributed by atoms with Crippen LogP contribution in [0.25, 0.3) is 0 Å². The first-order chi connectivity index (χ1) is 7.59. The molecule has 0 bridgehead atoms. The highest BCUT2D eigenvalue weighted by Gasteiger charge is 2.16. The standard InChI is InChI=1S/C12H18ClNO2/c1-12(2,15-3)6-8-16-11-10(9-13)5-4-7-14-11/h4-5,7H,6,8-9H2,1-3H3. The highest BCUT2D eigenvalue weighted by molar-refractivity contribution is 6.17. The van der Waals surface area contributed by atoms with Crippen molar-refractivity contribution in [3.05, 3.63) is 23.9 Å². The minimum absolute atomic E-state index is 0.171. The van der Waals surface area contributed by atoms with Crippen molar-refractivity contribution in [2.24, 2.45) is 0 Å². The van der Waals surface area contributed by atoms with E-state index in [0.717, 1.165) is 12.0 Å². The Hall–Kier alpha value is -0.800. The molecule has 0 spiro atoms. The number of ether oxygens (including phenoxy) is 2. The van der Waals surface area contributed by atoms with Crippen molar-refractivity contribution in [1.82, 2.24) is 4.98 Å². The third-order valence-electron chi connectivity index (χ3n) is 2.49. The predicted molar refractivity (Wildman–Crippen MR) is 65.0 cm³/mol. The number of hydrogen-bond donors (Lipinski definition) is 0. The Kier molecular flexibility index (Phi) is 5.03. The van der Waals surface area contributed by atoms with Crippen LogP contribution in [0.1, 0.15) is 25.8 Å². The van der Waals surface area contributed by atoms with Gasteiger partial charge in [0.2, 0.25) is 5.88 Å². The van der Waals surface area contributed by atoms with Crippen LogP contribution in [0.15, 0.2) is 18.3 Å². The minimum Gasteiger partial charge on any atom is -0.477 e. The number of rotatable bonds is 6. The van der Waals surface area contributed by atoms with Gasteiger partial charge in [-0.05, 0) is 19.9 Å². The van der Waals surface area contributed by atoms with Crippen LogP contribution in [0.3, 0.4) is 0 Å². The molecule has 0 aromatic carbocycles. The second-order valence-corrected chi connectivity index (χ2v) is 4.43. The lowest BCUT2D eigenvalue weighted by Gasteiger charge is -2.22. The van der Waals surface area contributed by atoms with Gasteiger partial charge in [-0.3, -0.25) is 0 Å². The molecule has 1 rings (SSSR count). The molecule has 90 valence electrons. The number of nitrogens with zero attached hydrogens (tertiary/aromatic N) is 1. The summed E-state index contributed by atoms with van der Waals surface area (Å²) in [4.78, 5) is 4.15. The summed E-state index contributed by atoms with van der Waals surface area (Å²) in [5, 5.41) is 0. The van der Waals surface area contributed by atoms with Crippen molar-refractivity contribution in [2.45, 2.75) is 31.7 Å². The lowest BCUT2D eigenvalue weighted by Crippen LogP contribution is -2.25. The summed E-state index contributed by atoms with van der Waals surface area (Å²) in [5.41, 5.74) is 0.745. The maximum absolute atomic E-state index is 5.78. The van der Waals surface area contributed by atoms with Crippen LogP contribution in [0.2, 0.25) is 0 Å². The predicted octanol–water partition coefficient (Wildman–Crippen LogP) is 3.01. The largest absolute Gasteiger partial charge is 0.477 e.